The van der Waals surface area contributed by atoms with Crippen molar-refractivity contribution in [2.45, 2.75) is 45.4 Å². The van der Waals surface area contributed by atoms with Gasteiger partial charge in [0, 0.05) is 11.8 Å². The van der Waals surface area contributed by atoms with Gasteiger partial charge < -0.3 is 5.73 Å². The molecule has 1 aromatic heterocycles. The van der Waals surface area contributed by atoms with Gasteiger partial charge in [-0.15, -0.1) is 0 Å². The molecule has 28 heavy (non-hydrogen) atoms. The summed E-state index contributed by atoms with van der Waals surface area (Å²) in [6, 6.07) is 20.2. The number of pyridine rings is 1. The Morgan fingerprint density at radius 2 is 1.50 bits per heavy atom. The number of carbonyl (C=O) groups excluding carboxylic acids is 1. The number of hydrogen-bond acceptors (Lipinski definition) is 2. The topological polar surface area (TPSA) is 56.0 Å². The van der Waals surface area contributed by atoms with Crippen molar-refractivity contribution in [2.24, 2.45) is 5.73 Å². The fourth-order valence-corrected chi connectivity index (χ4v) is 3.83. The number of benzene rings is 2. The minimum absolute atomic E-state index is 0.300. The second-order valence-corrected chi connectivity index (χ2v) is 7.84. The first-order valence-electron chi connectivity index (χ1n) is 9.83. The van der Waals surface area contributed by atoms with E-state index in [1.165, 1.54) is 11.1 Å². The van der Waals surface area contributed by atoms with Gasteiger partial charge in [0.2, 0.25) is 5.91 Å². The van der Waals surface area contributed by atoms with Crippen molar-refractivity contribution in [1.82, 2.24) is 4.98 Å². The Hall–Kier alpha value is -2.94. The standard InChI is InChI=1S/C25H28N2O/c1-16(2)20-11-8-12-21(17(3)4)24(20)23(25(26)28)19-10-7-9-18(15-19)22-13-5-6-14-27-22/h5-17,23H,1-4H3,(H2,26,28). The summed E-state index contributed by atoms with van der Waals surface area (Å²) in [7, 11) is 0. The summed E-state index contributed by atoms with van der Waals surface area (Å²) in [6.07, 6.45) is 1.78. The summed E-state index contributed by atoms with van der Waals surface area (Å²) < 4.78 is 0. The highest BCUT2D eigenvalue weighted by atomic mass is 16.1. The molecule has 0 saturated carbocycles. The summed E-state index contributed by atoms with van der Waals surface area (Å²) in [5.41, 5.74) is 12.2. The predicted octanol–water partition coefficient (Wildman–Crippen LogP) is 5.61. The number of rotatable bonds is 6. The van der Waals surface area contributed by atoms with E-state index < -0.39 is 5.92 Å². The first kappa shape index (κ1) is 19.8. The Labute approximate surface area is 167 Å². The van der Waals surface area contributed by atoms with Gasteiger partial charge in [-0.3, -0.25) is 9.78 Å². The molecular weight excluding hydrogens is 344 g/mol. The van der Waals surface area contributed by atoms with Crippen molar-refractivity contribution >= 4 is 5.91 Å². The maximum absolute atomic E-state index is 12.7. The van der Waals surface area contributed by atoms with Gasteiger partial charge in [-0.2, -0.15) is 0 Å². The number of primary amides is 1. The third-order valence-corrected chi connectivity index (χ3v) is 5.17. The molecular formula is C25H28N2O. The van der Waals surface area contributed by atoms with Crippen LogP contribution in [0, 0.1) is 0 Å². The summed E-state index contributed by atoms with van der Waals surface area (Å²) in [6.45, 7) is 8.63. The molecule has 1 unspecified atom stereocenters. The number of carbonyl (C=O) groups is 1. The molecule has 1 heterocycles. The van der Waals surface area contributed by atoms with Crippen LogP contribution in [0.25, 0.3) is 11.3 Å². The second-order valence-electron chi connectivity index (χ2n) is 7.84. The smallest absolute Gasteiger partial charge is 0.229 e. The van der Waals surface area contributed by atoms with Crippen LogP contribution in [0.3, 0.4) is 0 Å². The summed E-state index contributed by atoms with van der Waals surface area (Å²) in [5, 5.41) is 0. The van der Waals surface area contributed by atoms with Crippen LogP contribution in [-0.4, -0.2) is 10.9 Å². The molecule has 0 spiro atoms. The number of aromatic nitrogens is 1. The molecule has 3 rings (SSSR count). The van der Waals surface area contributed by atoms with Gasteiger partial charge >= 0.3 is 0 Å². The highest BCUT2D eigenvalue weighted by Crippen LogP contribution is 2.37. The number of nitrogens with two attached hydrogens (primary N) is 1. The van der Waals surface area contributed by atoms with Crippen molar-refractivity contribution in [3.8, 4) is 11.3 Å². The van der Waals surface area contributed by atoms with E-state index in [9.17, 15) is 4.79 Å². The third kappa shape index (κ3) is 3.99. The van der Waals surface area contributed by atoms with Crippen LogP contribution in [-0.2, 0) is 4.79 Å². The summed E-state index contributed by atoms with van der Waals surface area (Å²) >= 11 is 0. The Balaban J connectivity index is 2.21. The van der Waals surface area contributed by atoms with Crippen LogP contribution in [0.1, 0.15) is 67.7 Å². The minimum Gasteiger partial charge on any atom is -0.369 e. The lowest BCUT2D eigenvalue weighted by molar-refractivity contribution is -0.118. The van der Waals surface area contributed by atoms with E-state index >= 15 is 0 Å². The molecule has 2 N–H and O–H groups in total. The maximum atomic E-state index is 12.7. The summed E-state index contributed by atoms with van der Waals surface area (Å²) in [4.78, 5) is 17.1. The molecule has 3 aromatic rings. The van der Waals surface area contributed by atoms with Gasteiger partial charge in [0.05, 0.1) is 11.6 Å². The normalized spacial score (nSPS) is 12.4. The Bertz CT molecular complexity index is 935. The van der Waals surface area contributed by atoms with Crippen molar-refractivity contribution < 1.29 is 4.79 Å². The molecule has 0 aliphatic carbocycles. The Kier molecular flexibility index (Phi) is 5.93. The average Bonchev–Trinajstić information content (AvgIpc) is 2.68. The van der Waals surface area contributed by atoms with Gasteiger partial charge in [0.15, 0.2) is 0 Å². The Morgan fingerprint density at radius 1 is 0.857 bits per heavy atom. The van der Waals surface area contributed by atoms with E-state index in [4.69, 9.17) is 5.73 Å². The first-order valence-corrected chi connectivity index (χ1v) is 9.83. The van der Waals surface area contributed by atoms with Crippen LogP contribution < -0.4 is 5.73 Å². The van der Waals surface area contributed by atoms with Crippen LogP contribution in [0.2, 0.25) is 0 Å². The highest BCUT2D eigenvalue weighted by Gasteiger charge is 2.27. The molecule has 144 valence electrons. The lowest BCUT2D eigenvalue weighted by atomic mass is 9.78. The quantitative estimate of drug-likeness (QED) is 0.611. The number of hydrogen-bond donors (Lipinski definition) is 1. The lowest BCUT2D eigenvalue weighted by Gasteiger charge is -2.25. The van der Waals surface area contributed by atoms with Crippen LogP contribution >= 0.6 is 0 Å². The predicted molar refractivity (Wildman–Crippen MR) is 115 cm³/mol. The van der Waals surface area contributed by atoms with Crippen molar-refractivity contribution in [3.63, 3.8) is 0 Å². The summed E-state index contributed by atoms with van der Waals surface area (Å²) in [5.74, 6) is -0.211. The fourth-order valence-electron chi connectivity index (χ4n) is 3.83. The van der Waals surface area contributed by atoms with Crippen molar-refractivity contribution in [3.05, 3.63) is 89.1 Å². The maximum Gasteiger partial charge on any atom is 0.229 e. The zero-order valence-electron chi connectivity index (χ0n) is 17.0. The van der Waals surface area contributed by atoms with Crippen LogP contribution in [0.4, 0.5) is 0 Å². The fraction of sp³-hybridized carbons (Fsp3) is 0.280. The molecule has 3 heteroatoms. The zero-order valence-corrected chi connectivity index (χ0v) is 17.0. The molecule has 0 saturated heterocycles. The van der Waals surface area contributed by atoms with E-state index in [1.807, 2.05) is 42.5 Å². The average molecular weight is 373 g/mol. The van der Waals surface area contributed by atoms with E-state index in [0.717, 1.165) is 22.4 Å². The largest absolute Gasteiger partial charge is 0.369 e. The van der Waals surface area contributed by atoms with Crippen molar-refractivity contribution in [2.75, 3.05) is 0 Å². The van der Waals surface area contributed by atoms with Crippen LogP contribution in [0.15, 0.2) is 66.9 Å². The molecule has 1 atom stereocenters. The second kappa shape index (κ2) is 8.39. The number of nitrogens with zero attached hydrogens (tertiary/aromatic N) is 1. The molecule has 0 aliphatic rings. The first-order chi connectivity index (χ1) is 13.4. The van der Waals surface area contributed by atoms with Gasteiger partial charge in [0.1, 0.15) is 0 Å². The Morgan fingerprint density at radius 3 is 2.04 bits per heavy atom. The van der Waals surface area contributed by atoms with E-state index in [2.05, 4.69) is 50.9 Å². The van der Waals surface area contributed by atoms with Crippen LogP contribution in [0.5, 0.6) is 0 Å². The molecule has 3 nitrogen and oxygen atoms in total. The van der Waals surface area contributed by atoms with Gasteiger partial charge in [-0.05, 0) is 52.3 Å². The van der Waals surface area contributed by atoms with Gasteiger partial charge in [-0.1, -0.05) is 70.2 Å². The number of amides is 1. The van der Waals surface area contributed by atoms with E-state index in [1.54, 1.807) is 6.20 Å². The molecule has 0 radical (unpaired) electrons. The lowest BCUT2D eigenvalue weighted by Crippen LogP contribution is -2.25. The minimum atomic E-state index is -0.486. The van der Waals surface area contributed by atoms with E-state index in [-0.39, 0.29) is 5.91 Å². The molecule has 0 bridgehead atoms. The SMILES string of the molecule is CC(C)c1cccc(C(C)C)c1C(C(N)=O)c1cccc(-c2ccccn2)c1. The molecule has 0 fully saturated rings. The monoisotopic (exact) mass is 372 g/mol. The molecule has 1 amide bonds. The highest BCUT2D eigenvalue weighted by molar-refractivity contribution is 5.87. The zero-order chi connectivity index (χ0) is 20.3. The van der Waals surface area contributed by atoms with E-state index in [0.29, 0.717) is 11.8 Å². The molecule has 0 aliphatic heterocycles. The third-order valence-electron chi connectivity index (χ3n) is 5.17. The van der Waals surface area contributed by atoms with Crippen molar-refractivity contribution in [1.29, 1.82) is 0 Å². The molecule has 2 aromatic carbocycles. The van der Waals surface area contributed by atoms with Gasteiger partial charge in [0.25, 0.3) is 0 Å². The van der Waals surface area contributed by atoms with Gasteiger partial charge in [-0.25, -0.2) is 0 Å².